The van der Waals surface area contributed by atoms with Crippen LogP contribution in [0.25, 0.3) is 0 Å². The Bertz CT molecular complexity index is 868. The van der Waals surface area contributed by atoms with Crippen LogP contribution in [0.2, 0.25) is 0 Å². The standard InChI is InChI=1S/C21H22N4O2/c26-21(18-3-1-17(2-4-18)15-24-10-9-22-16-24)23-19-5-7-20(8-6-19)25-11-13-27-14-12-25/h1-10,16H,11-15H2,(H,23,26). The lowest BCUT2D eigenvalue weighted by Crippen LogP contribution is -2.36. The molecule has 0 atom stereocenters. The fourth-order valence-corrected chi connectivity index (χ4v) is 3.13. The predicted octanol–water partition coefficient (Wildman–Crippen LogP) is 3.02. The van der Waals surface area contributed by atoms with Crippen molar-refractivity contribution < 1.29 is 9.53 Å². The second-order valence-electron chi connectivity index (χ2n) is 6.53. The van der Waals surface area contributed by atoms with Gasteiger partial charge in [-0.15, -0.1) is 0 Å². The van der Waals surface area contributed by atoms with Gasteiger partial charge >= 0.3 is 0 Å². The number of carbonyl (C=O) groups is 1. The van der Waals surface area contributed by atoms with Gasteiger partial charge < -0.3 is 19.5 Å². The highest BCUT2D eigenvalue weighted by atomic mass is 16.5. The molecule has 1 aliphatic rings. The van der Waals surface area contributed by atoms with Crippen LogP contribution in [0, 0.1) is 0 Å². The van der Waals surface area contributed by atoms with Crippen molar-refractivity contribution in [3.8, 4) is 0 Å². The van der Waals surface area contributed by atoms with Gasteiger partial charge in [-0.1, -0.05) is 12.1 Å². The molecule has 6 nitrogen and oxygen atoms in total. The molecule has 0 saturated carbocycles. The topological polar surface area (TPSA) is 59.4 Å². The first-order valence-corrected chi connectivity index (χ1v) is 9.07. The number of rotatable bonds is 5. The summed E-state index contributed by atoms with van der Waals surface area (Å²) in [5.41, 5.74) is 3.71. The monoisotopic (exact) mass is 362 g/mol. The fraction of sp³-hybridized carbons (Fsp3) is 0.238. The van der Waals surface area contributed by atoms with Gasteiger partial charge in [0.05, 0.1) is 19.5 Å². The molecule has 1 fully saturated rings. The van der Waals surface area contributed by atoms with Crippen molar-refractivity contribution in [2.75, 3.05) is 36.5 Å². The predicted molar refractivity (Wildman–Crippen MR) is 105 cm³/mol. The molecule has 138 valence electrons. The highest BCUT2D eigenvalue weighted by Crippen LogP contribution is 2.19. The minimum absolute atomic E-state index is 0.108. The molecular formula is C21H22N4O2. The highest BCUT2D eigenvalue weighted by Gasteiger charge is 2.11. The third-order valence-corrected chi connectivity index (χ3v) is 4.64. The minimum Gasteiger partial charge on any atom is -0.378 e. The summed E-state index contributed by atoms with van der Waals surface area (Å²) in [4.78, 5) is 18.8. The second kappa shape index (κ2) is 8.05. The lowest BCUT2D eigenvalue weighted by Gasteiger charge is -2.28. The zero-order chi connectivity index (χ0) is 18.5. The van der Waals surface area contributed by atoms with Gasteiger partial charge in [0.25, 0.3) is 5.91 Å². The largest absolute Gasteiger partial charge is 0.378 e. The van der Waals surface area contributed by atoms with Gasteiger partial charge in [-0.3, -0.25) is 4.79 Å². The maximum atomic E-state index is 12.5. The molecule has 0 bridgehead atoms. The summed E-state index contributed by atoms with van der Waals surface area (Å²) in [5.74, 6) is -0.108. The van der Waals surface area contributed by atoms with Crippen LogP contribution in [0.5, 0.6) is 0 Å². The molecule has 1 amide bonds. The van der Waals surface area contributed by atoms with Crippen molar-refractivity contribution in [2.45, 2.75) is 6.54 Å². The smallest absolute Gasteiger partial charge is 0.255 e. The number of carbonyl (C=O) groups excluding carboxylic acids is 1. The summed E-state index contributed by atoms with van der Waals surface area (Å²) in [5, 5.41) is 2.96. The number of hydrogen-bond acceptors (Lipinski definition) is 4. The lowest BCUT2D eigenvalue weighted by molar-refractivity contribution is 0.102. The van der Waals surface area contributed by atoms with E-state index in [0.717, 1.165) is 49.8 Å². The molecule has 0 unspecified atom stereocenters. The molecule has 2 heterocycles. The third kappa shape index (κ3) is 4.35. The molecule has 4 rings (SSSR count). The van der Waals surface area contributed by atoms with Gasteiger partial charge in [0.2, 0.25) is 0 Å². The highest BCUT2D eigenvalue weighted by molar-refractivity contribution is 6.04. The van der Waals surface area contributed by atoms with Crippen LogP contribution in [0.3, 0.4) is 0 Å². The van der Waals surface area contributed by atoms with Crippen LogP contribution in [0.15, 0.2) is 67.3 Å². The van der Waals surface area contributed by atoms with Crippen LogP contribution >= 0.6 is 0 Å². The Morgan fingerprint density at radius 3 is 2.44 bits per heavy atom. The average Bonchev–Trinajstić information content (AvgIpc) is 3.23. The molecule has 2 aromatic carbocycles. The van der Waals surface area contributed by atoms with E-state index in [4.69, 9.17) is 4.74 Å². The first-order valence-electron chi connectivity index (χ1n) is 9.07. The SMILES string of the molecule is O=C(Nc1ccc(N2CCOCC2)cc1)c1ccc(Cn2ccnc2)cc1. The molecule has 0 spiro atoms. The minimum atomic E-state index is -0.108. The quantitative estimate of drug-likeness (QED) is 0.758. The summed E-state index contributed by atoms with van der Waals surface area (Å²) in [6.07, 6.45) is 5.45. The second-order valence-corrected chi connectivity index (χ2v) is 6.53. The zero-order valence-corrected chi connectivity index (χ0v) is 15.0. The number of hydrogen-bond donors (Lipinski definition) is 1. The number of ether oxygens (including phenoxy) is 1. The van der Waals surface area contributed by atoms with Crippen molar-refractivity contribution in [1.82, 2.24) is 9.55 Å². The first kappa shape index (κ1) is 17.3. The number of morpholine rings is 1. The number of aromatic nitrogens is 2. The van der Waals surface area contributed by atoms with Gasteiger partial charge in [0, 0.05) is 49.0 Å². The van der Waals surface area contributed by atoms with Crippen molar-refractivity contribution >= 4 is 17.3 Å². The van der Waals surface area contributed by atoms with E-state index in [9.17, 15) is 4.79 Å². The van der Waals surface area contributed by atoms with E-state index >= 15 is 0 Å². The van der Waals surface area contributed by atoms with Gasteiger partial charge in [-0.25, -0.2) is 4.98 Å². The number of benzene rings is 2. The van der Waals surface area contributed by atoms with E-state index < -0.39 is 0 Å². The molecule has 0 aliphatic carbocycles. The summed E-state index contributed by atoms with van der Waals surface area (Å²) in [7, 11) is 0. The van der Waals surface area contributed by atoms with E-state index in [1.807, 2.05) is 59.3 Å². The third-order valence-electron chi connectivity index (χ3n) is 4.64. The van der Waals surface area contributed by atoms with E-state index in [0.29, 0.717) is 5.56 Å². The lowest BCUT2D eigenvalue weighted by atomic mass is 10.1. The van der Waals surface area contributed by atoms with E-state index in [2.05, 4.69) is 15.2 Å². The Morgan fingerprint density at radius 1 is 1.04 bits per heavy atom. The Balaban J connectivity index is 1.36. The van der Waals surface area contributed by atoms with E-state index in [1.54, 1.807) is 12.5 Å². The molecule has 3 aromatic rings. The molecule has 27 heavy (non-hydrogen) atoms. The zero-order valence-electron chi connectivity index (χ0n) is 15.0. The molecule has 1 saturated heterocycles. The van der Waals surface area contributed by atoms with Crippen molar-refractivity contribution in [3.63, 3.8) is 0 Å². The molecule has 1 N–H and O–H groups in total. The molecular weight excluding hydrogens is 340 g/mol. The summed E-state index contributed by atoms with van der Waals surface area (Å²) >= 11 is 0. The number of imidazole rings is 1. The fourth-order valence-electron chi connectivity index (χ4n) is 3.13. The van der Waals surface area contributed by atoms with E-state index in [-0.39, 0.29) is 5.91 Å². The van der Waals surface area contributed by atoms with Crippen LogP contribution in [0.1, 0.15) is 15.9 Å². The Hall–Kier alpha value is -3.12. The summed E-state index contributed by atoms with van der Waals surface area (Å²) in [6.45, 7) is 4.06. The van der Waals surface area contributed by atoms with Gasteiger partial charge in [0.1, 0.15) is 0 Å². The number of nitrogens with one attached hydrogen (secondary N) is 1. The average molecular weight is 362 g/mol. The van der Waals surface area contributed by atoms with Crippen LogP contribution in [-0.4, -0.2) is 41.8 Å². The van der Waals surface area contributed by atoms with E-state index in [1.165, 1.54) is 0 Å². The molecule has 1 aromatic heterocycles. The van der Waals surface area contributed by atoms with Crippen molar-refractivity contribution in [3.05, 3.63) is 78.4 Å². The Morgan fingerprint density at radius 2 is 1.78 bits per heavy atom. The van der Waals surface area contributed by atoms with Gasteiger partial charge in [-0.2, -0.15) is 0 Å². The van der Waals surface area contributed by atoms with Crippen LogP contribution in [-0.2, 0) is 11.3 Å². The maximum Gasteiger partial charge on any atom is 0.255 e. The molecule has 1 aliphatic heterocycles. The molecule has 0 radical (unpaired) electrons. The maximum absolute atomic E-state index is 12.5. The van der Waals surface area contributed by atoms with Crippen molar-refractivity contribution in [2.24, 2.45) is 0 Å². The first-order chi connectivity index (χ1) is 13.3. The van der Waals surface area contributed by atoms with Gasteiger partial charge in [-0.05, 0) is 42.0 Å². The number of anilines is 2. The summed E-state index contributed by atoms with van der Waals surface area (Å²) in [6, 6.07) is 15.6. The number of amides is 1. The number of nitrogens with zero attached hydrogens (tertiary/aromatic N) is 3. The summed E-state index contributed by atoms with van der Waals surface area (Å²) < 4.78 is 7.37. The molecule has 6 heteroatoms. The van der Waals surface area contributed by atoms with Gasteiger partial charge in [0.15, 0.2) is 0 Å². The Labute approximate surface area is 158 Å². The van der Waals surface area contributed by atoms with Crippen LogP contribution in [0.4, 0.5) is 11.4 Å². The normalized spacial score (nSPS) is 14.1. The Kier molecular flexibility index (Phi) is 5.16. The van der Waals surface area contributed by atoms with Crippen molar-refractivity contribution in [1.29, 1.82) is 0 Å². The van der Waals surface area contributed by atoms with Crippen LogP contribution < -0.4 is 10.2 Å².